The molecule has 1 aromatic carbocycles. The minimum atomic E-state index is -4.51. The summed E-state index contributed by atoms with van der Waals surface area (Å²) in [6, 6.07) is 6.89. The van der Waals surface area contributed by atoms with E-state index in [0.29, 0.717) is 0 Å². The summed E-state index contributed by atoms with van der Waals surface area (Å²) in [6.45, 7) is 1.78. The fourth-order valence-corrected chi connectivity index (χ4v) is 2.98. The first-order valence-corrected chi connectivity index (χ1v) is 7.67. The lowest BCUT2D eigenvalue weighted by atomic mass is 10.1. The molecule has 21 heavy (non-hydrogen) atoms. The number of benzene rings is 1. The predicted octanol–water partition coefficient (Wildman–Crippen LogP) is 5.02. The molecule has 2 nitrogen and oxygen atoms in total. The Kier molecular flexibility index (Phi) is 4.73. The Balaban J connectivity index is 2.20. The van der Waals surface area contributed by atoms with Crippen LogP contribution in [0.2, 0.25) is 0 Å². The molecule has 2 aromatic rings. The van der Waals surface area contributed by atoms with E-state index in [4.69, 9.17) is 0 Å². The Morgan fingerprint density at radius 2 is 2.05 bits per heavy atom. The van der Waals surface area contributed by atoms with Gasteiger partial charge >= 0.3 is 6.18 Å². The van der Waals surface area contributed by atoms with Crippen LogP contribution in [0.1, 0.15) is 33.8 Å². The van der Waals surface area contributed by atoms with Gasteiger partial charge in [-0.3, -0.25) is 4.79 Å². The molecular formula is C14H11BrF3NOS. The summed E-state index contributed by atoms with van der Waals surface area (Å²) >= 11 is 4.32. The Morgan fingerprint density at radius 3 is 2.62 bits per heavy atom. The zero-order chi connectivity index (χ0) is 15.6. The molecule has 0 spiro atoms. The van der Waals surface area contributed by atoms with Gasteiger partial charge in [0.25, 0.3) is 5.91 Å². The van der Waals surface area contributed by atoms with Crippen molar-refractivity contribution < 1.29 is 18.0 Å². The van der Waals surface area contributed by atoms with Crippen LogP contribution < -0.4 is 5.32 Å². The van der Waals surface area contributed by atoms with Crippen LogP contribution in [-0.2, 0) is 6.18 Å². The summed E-state index contributed by atoms with van der Waals surface area (Å²) < 4.78 is 38.4. The molecule has 0 saturated carbocycles. The number of alkyl halides is 3. The standard InChI is InChI=1S/C14H11BrF3NOS/c1-8(12-3-2-6-21-12)19-13(20)9-4-5-11(15)10(7-9)14(16,17)18/h2-8H,1H3,(H,19,20). The van der Waals surface area contributed by atoms with Gasteiger partial charge in [0.1, 0.15) is 0 Å². The summed E-state index contributed by atoms with van der Waals surface area (Å²) in [6.07, 6.45) is -4.51. The van der Waals surface area contributed by atoms with Crippen LogP contribution in [0.3, 0.4) is 0 Å². The molecular weight excluding hydrogens is 367 g/mol. The van der Waals surface area contributed by atoms with Crippen molar-refractivity contribution in [2.24, 2.45) is 0 Å². The zero-order valence-corrected chi connectivity index (χ0v) is 13.3. The summed E-state index contributed by atoms with van der Waals surface area (Å²) in [5, 5.41) is 4.56. The normalized spacial score (nSPS) is 13.0. The molecule has 1 aromatic heterocycles. The molecule has 0 aliphatic rings. The molecule has 0 radical (unpaired) electrons. The van der Waals surface area contributed by atoms with Crippen LogP contribution in [0.25, 0.3) is 0 Å². The van der Waals surface area contributed by atoms with Gasteiger partial charge in [0.2, 0.25) is 0 Å². The van der Waals surface area contributed by atoms with Crippen LogP contribution in [-0.4, -0.2) is 5.91 Å². The fourth-order valence-electron chi connectivity index (χ4n) is 1.77. The largest absolute Gasteiger partial charge is 0.417 e. The second-order valence-corrected chi connectivity index (χ2v) is 6.24. The number of hydrogen-bond acceptors (Lipinski definition) is 2. The molecule has 1 N–H and O–H groups in total. The van der Waals surface area contributed by atoms with Gasteiger partial charge in [-0.15, -0.1) is 11.3 Å². The average molecular weight is 378 g/mol. The van der Waals surface area contributed by atoms with Gasteiger partial charge in [-0.25, -0.2) is 0 Å². The van der Waals surface area contributed by atoms with E-state index < -0.39 is 17.6 Å². The number of rotatable bonds is 3. The highest BCUT2D eigenvalue weighted by molar-refractivity contribution is 9.10. The number of halogens is 4. The summed E-state index contributed by atoms with van der Waals surface area (Å²) in [5.74, 6) is -0.533. The number of nitrogens with one attached hydrogen (secondary N) is 1. The Hall–Kier alpha value is -1.34. The van der Waals surface area contributed by atoms with Crippen molar-refractivity contribution in [2.75, 3.05) is 0 Å². The molecule has 1 heterocycles. The molecule has 1 unspecified atom stereocenters. The van der Waals surface area contributed by atoms with Gasteiger partial charge in [-0.05, 0) is 36.6 Å². The highest BCUT2D eigenvalue weighted by atomic mass is 79.9. The lowest BCUT2D eigenvalue weighted by Crippen LogP contribution is -2.26. The van der Waals surface area contributed by atoms with Crippen LogP contribution >= 0.6 is 27.3 Å². The zero-order valence-electron chi connectivity index (χ0n) is 10.9. The molecule has 0 aliphatic carbocycles. The second kappa shape index (κ2) is 6.19. The van der Waals surface area contributed by atoms with Crippen LogP contribution in [0.5, 0.6) is 0 Å². The van der Waals surface area contributed by atoms with Crippen molar-refractivity contribution in [3.8, 4) is 0 Å². The van der Waals surface area contributed by atoms with Crippen molar-refractivity contribution in [3.63, 3.8) is 0 Å². The first-order chi connectivity index (χ1) is 9.79. The third kappa shape index (κ3) is 3.85. The summed E-state index contributed by atoms with van der Waals surface area (Å²) in [5.41, 5.74) is -0.882. The van der Waals surface area contributed by atoms with Gasteiger partial charge < -0.3 is 5.32 Å². The van der Waals surface area contributed by atoms with Crippen LogP contribution in [0.15, 0.2) is 40.2 Å². The van der Waals surface area contributed by atoms with Gasteiger partial charge in [-0.2, -0.15) is 13.2 Å². The molecule has 0 saturated heterocycles. The van der Waals surface area contributed by atoms with Gasteiger partial charge in [0, 0.05) is 14.9 Å². The van der Waals surface area contributed by atoms with Crippen molar-refractivity contribution in [1.82, 2.24) is 5.32 Å². The third-order valence-corrected chi connectivity index (χ3v) is 4.60. The van der Waals surface area contributed by atoms with Crippen molar-refractivity contribution in [3.05, 3.63) is 56.2 Å². The van der Waals surface area contributed by atoms with Crippen LogP contribution in [0, 0.1) is 0 Å². The lowest BCUT2D eigenvalue weighted by Gasteiger charge is -2.14. The maximum Gasteiger partial charge on any atom is 0.417 e. The molecule has 2 rings (SSSR count). The molecule has 7 heteroatoms. The topological polar surface area (TPSA) is 29.1 Å². The highest BCUT2D eigenvalue weighted by Gasteiger charge is 2.33. The SMILES string of the molecule is CC(NC(=O)c1ccc(Br)c(C(F)(F)F)c1)c1cccs1. The smallest absolute Gasteiger partial charge is 0.345 e. The van der Waals surface area contributed by atoms with E-state index in [-0.39, 0.29) is 16.1 Å². The maximum absolute atomic E-state index is 12.8. The first kappa shape index (κ1) is 16.0. The maximum atomic E-state index is 12.8. The van der Waals surface area contributed by atoms with E-state index in [9.17, 15) is 18.0 Å². The molecule has 0 fully saturated rings. The predicted molar refractivity (Wildman–Crippen MR) is 79.3 cm³/mol. The minimum absolute atomic E-state index is 0.0195. The van der Waals surface area contributed by atoms with E-state index >= 15 is 0 Å². The van der Waals surface area contributed by atoms with Crippen molar-refractivity contribution >= 4 is 33.2 Å². The van der Waals surface area contributed by atoms with E-state index in [2.05, 4.69) is 21.2 Å². The molecule has 0 bridgehead atoms. The lowest BCUT2D eigenvalue weighted by molar-refractivity contribution is -0.138. The number of amides is 1. The molecule has 0 aliphatic heterocycles. The highest BCUT2D eigenvalue weighted by Crippen LogP contribution is 2.35. The number of carbonyl (C=O) groups excluding carboxylic acids is 1. The molecule has 1 amide bonds. The van der Waals surface area contributed by atoms with Crippen molar-refractivity contribution in [2.45, 2.75) is 19.1 Å². The van der Waals surface area contributed by atoms with Gasteiger partial charge in [0.15, 0.2) is 0 Å². The Bertz CT molecular complexity index is 640. The van der Waals surface area contributed by atoms with Gasteiger partial charge in [0.05, 0.1) is 11.6 Å². The van der Waals surface area contributed by atoms with Crippen molar-refractivity contribution in [1.29, 1.82) is 0 Å². The number of hydrogen-bond donors (Lipinski definition) is 1. The number of thiophene rings is 1. The monoisotopic (exact) mass is 377 g/mol. The molecule has 112 valence electrons. The molecule has 1 atom stereocenters. The second-order valence-electron chi connectivity index (χ2n) is 4.40. The van der Waals surface area contributed by atoms with E-state index in [0.717, 1.165) is 10.9 Å². The van der Waals surface area contributed by atoms with E-state index in [1.54, 1.807) is 6.92 Å². The minimum Gasteiger partial charge on any atom is -0.345 e. The summed E-state index contributed by atoms with van der Waals surface area (Å²) in [4.78, 5) is 13.0. The quantitative estimate of drug-likeness (QED) is 0.799. The van der Waals surface area contributed by atoms with E-state index in [1.165, 1.54) is 23.5 Å². The Labute approximate surface area is 132 Å². The fraction of sp³-hybridized carbons (Fsp3) is 0.214. The number of carbonyl (C=O) groups is 1. The van der Waals surface area contributed by atoms with Crippen LogP contribution in [0.4, 0.5) is 13.2 Å². The Morgan fingerprint density at radius 1 is 1.33 bits per heavy atom. The van der Waals surface area contributed by atoms with Gasteiger partial charge in [-0.1, -0.05) is 22.0 Å². The third-order valence-electron chi connectivity index (χ3n) is 2.85. The first-order valence-electron chi connectivity index (χ1n) is 6.00. The average Bonchev–Trinajstić information content (AvgIpc) is 2.91. The van der Waals surface area contributed by atoms with E-state index in [1.807, 2.05) is 17.5 Å². The summed E-state index contributed by atoms with van der Waals surface area (Å²) in [7, 11) is 0.